The fourth-order valence-electron chi connectivity index (χ4n) is 1.05. The fourth-order valence-corrected chi connectivity index (χ4v) is 1.05. The molecular weight excluding hydrogens is 152 g/mol. The lowest BCUT2D eigenvalue weighted by Gasteiger charge is -1.91. The van der Waals surface area contributed by atoms with Crippen LogP contribution in [-0.2, 0) is 6.42 Å². The average molecular weight is 162 g/mol. The van der Waals surface area contributed by atoms with Gasteiger partial charge in [-0.15, -0.1) is 0 Å². The molecule has 2 heterocycles. The Hall–Kier alpha value is -1.58. The van der Waals surface area contributed by atoms with Crippen LogP contribution in [0.15, 0.2) is 24.7 Å². The van der Waals surface area contributed by atoms with E-state index in [9.17, 15) is 0 Å². The highest BCUT2D eigenvalue weighted by molar-refractivity contribution is 5.19. The maximum Gasteiger partial charge on any atom is 0.174 e. The number of aromatic nitrogens is 4. The van der Waals surface area contributed by atoms with Crippen molar-refractivity contribution in [3.05, 3.63) is 30.2 Å². The summed E-state index contributed by atoms with van der Waals surface area (Å²) in [5.41, 5.74) is 1.22. The predicted octanol–water partition coefficient (Wildman–Crippen LogP) is 1.16. The van der Waals surface area contributed by atoms with E-state index in [4.69, 9.17) is 0 Å². The second-order valence-corrected chi connectivity index (χ2v) is 2.58. The lowest BCUT2D eigenvalue weighted by atomic mass is 10.3. The van der Waals surface area contributed by atoms with Crippen molar-refractivity contribution in [3.8, 4) is 5.82 Å². The van der Waals surface area contributed by atoms with Gasteiger partial charge < -0.3 is 0 Å². The molecule has 0 aliphatic carbocycles. The molecule has 0 aliphatic rings. The average Bonchev–Trinajstić information content (AvgIpc) is 2.75. The summed E-state index contributed by atoms with van der Waals surface area (Å²) in [6.45, 7) is 2.10. The first kappa shape index (κ1) is 7.09. The van der Waals surface area contributed by atoms with E-state index in [1.807, 2.05) is 18.5 Å². The maximum absolute atomic E-state index is 4.16. The highest BCUT2D eigenvalue weighted by atomic mass is 15.3. The molecule has 2 rings (SSSR count). The van der Waals surface area contributed by atoms with Crippen molar-refractivity contribution in [1.82, 2.24) is 20.0 Å². The van der Waals surface area contributed by atoms with Gasteiger partial charge in [-0.05, 0) is 12.0 Å². The summed E-state index contributed by atoms with van der Waals surface area (Å²) in [6, 6.07) is 1.88. The van der Waals surface area contributed by atoms with Crippen molar-refractivity contribution in [2.24, 2.45) is 0 Å². The van der Waals surface area contributed by atoms with Gasteiger partial charge in [0, 0.05) is 18.5 Å². The first-order valence-corrected chi connectivity index (χ1v) is 3.94. The quantitative estimate of drug-likeness (QED) is 0.720. The number of nitrogens with zero attached hydrogens (tertiary/aromatic N) is 3. The van der Waals surface area contributed by atoms with Crippen molar-refractivity contribution in [1.29, 1.82) is 0 Å². The minimum atomic E-state index is 0.828. The van der Waals surface area contributed by atoms with Crippen LogP contribution in [0.5, 0.6) is 0 Å². The molecule has 4 nitrogen and oxygen atoms in total. The van der Waals surface area contributed by atoms with E-state index in [0.717, 1.165) is 12.2 Å². The molecule has 2 aromatic heterocycles. The minimum absolute atomic E-state index is 0.828. The second-order valence-electron chi connectivity index (χ2n) is 2.58. The van der Waals surface area contributed by atoms with Gasteiger partial charge >= 0.3 is 0 Å². The van der Waals surface area contributed by atoms with Crippen molar-refractivity contribution in [2.75, 3.05) is 0 Å². The SMILES string of the molecule is CCc1cnn(-c2cc[nH]n2)c1. The molecule has 0 radical (unpaired) electrons. The van der Waals surface area contributed by atoms with Crippen LogP contribution in [-0.4, -0.2) is 20.0 Å². The molecule has 0 aliphatic heterocycles. The van der Waals surface area contributed by atoms with Crippen LogP contribution in [0.1, 0.15) is 12.5 Å². The van der Waals surface area contributed by atoms with Crippen molar-refractivity contribution < 1.29 is 0 Å². The van der Waals surface area contributed by atoms with E-state index in [0.29, 0.717) is 0 Å². The Morgan fingerprint density at radius 1 is 1.58 bits per heavy atom. The van der Waals surface area contributed by atoms with Gasteiger partial charge in [0.25, 0.3) is 0 Å². The number of aromatic amines is 1. The van der Waals surface area contributed by atoms with Crippen LogP contribution in [0.3, 0.4) is 0 Å². The van der Waals surface area contributed by atoms with E-state index in [1.54, 1.807) is 10.9 Å². The Morgan fingerprint density at radius 3 is 3.08 bits per heavy atom. The fraction of sp³-hybridized carbons (Fsp3) is 0.250. The normalized spacial score (nSPS) is 10.4. The summed E-state index contributed by atoms with van der Waals surface area (Å²) in [5, 5.41) is 10.9. The lowest BCUT2D eigenvalue weighted by molar-refractivity contribution is 0.835. The standard InChI is InChI=1S/C8H10N4/c1-2-7-5-10-12(6-7)8-3-4-9-11-8/h3-6H,2H2,1H3,(H,9,11). The van der Waals surface area contributed by atoms with Gasteiger partial charge in [0.15, 0.2) is 5.82 Å². The topological polar surface area (TPSA) is 46.5 Å². The molecule has 0 saturated carbocycles. The minimum Gasteiger partial charge on any atom is -0.284 e. The first-order valence-electron chi connectivity index (χ1n) is 3.94. The number of hydrogen-bond donors (Lipinski definition) is 1. The van der Waals surface area contributed by atoms with Gasteiger partial charge in [0.05, 0.1) is 6.20 Å². The van der Waals surface area contributed by atoms with E-state index in [-0.39, 0.29) is 0 Å². The summed E-state index contributed by atoms with van der Waals surface area (Å²) in [6.07, 6.45) is 6.62. The van der Waals surface area contributed by atoms with Gasteiger partial charge in [-0.2, -0.15) is 10.2 Å². The van der Waals surface area contributed by atoms with Crippen molar-refractivity contribution in [2.45, 2.75) is 13.3 Å². The van der Waals surface area contributed by atoms with Crippen LogP contribution < -0.4 is 0 Å². The van der Waals surface area contributed by atoms with Gasteiger partial charge in [-0.1, -0.05) is 6.92 Å². The highest BCUT2D eigenvalue weighted by Gasteiger charge is 1.99. The zero-order chi connectivity index (χ0) is 8.39. The molecule has 0 aromatic carbocycles. The van der Waals surface area contributed by atoms with Gasteiger partial charge in [-0.25, -0.2) is 4.68 Å². The van der Waals surface area contributed by atoms with Crippen molar-refractivity contribution >= 4 is 0 Å². The second kappa shape index (κ2) is 2.81. The van der Waals surface area contributed by atoms with E-state index in [2.05, 4.69) is 22.2 Å². The number of aryl methyl sites for hydroxylation is 1. The third-order valence-corrected chi connectivity index (χ3v) is 1.77. The van der Waals surface area contributed by atoms with Crippen LogP contribution in [0, 0.1) is 0 Å². The zero-order valence-corrected chi connectivity index (χ0v) is 6.86. The van der Waals surface area contributed by atoms with Gasteiger partial charge in [0.1, 0.15) is 0 Å². The summed E-state index contributed by atoms with van der Waals surface area (Å²) in [4.78, 5) is 0. The molecule has 12 heavy (non-hydrogen) atoms. The van der Waals surface area contributed by atoms with Crippen molar-refractivity contribution in [3.63, 3.8) is 0 Å². The Balaban J connectivity index is 2.35. The summed E-state index contributed by atoms with van der Waals surface area (Å²) in [5.74, 6) is 0.828. The predicted molar refractivity (Wildman–Crippen MR) is 45.1 cm³/mol. The number of nitrogens with one attached hydrogen (secondary N) is 1. The number of H-pyrrole nitrogens is 1. The van der Waals surface area contributed by atoms with Crippen LogP contribution in [0.4, 0.5) is 0 Å². The maximum atomic E-state index is 4.16. The lowest BCUT2D eigenvalue weighted by Crippen LogP contribution is -1.93. The molecule has 0 fully saturated rings. The van der Waals surface area contributed by atoms with E-state index < -0.39 is 0 Å². The molecule has 0 unspecified atom stereocenters. The molecule has 0 amide bonds. The van der Waals surface area contributed by atoms with E-state index >= 15 is 0 Å². The highest BCUT2D eigenvalue weighted by Crippen LogP contribution is 2.03. The third kappa shape index (κ3) is 1.11. The molecule has 0 saturated heterocycles. The molecule has 1 N–H and O–H groups in total. The van der Waals surface area contributed by atoms with Gasteiger partial charge in [-0.3, -0.25) is 5.10 Å². The molecule has 0 spiro atoms. The molecule has 62 valence electrons. The molecule has 4 heteroatoms. The summed E-state index contributed by atoms with van der Waals surface area (Å²) < 4.78 is 1.76. The van der Waals surface area contributed by atoms with E-state index in [1.165, 1.54) is 5.56 Å². The largest absolute Gasteiger partial charge is 0.284 e. The number of hydrogen-bond acceptors (Lipinski definition) is 2. The third-order valence-electron chi connectivity index (χ3n) is 1.77. The first-order chi connectivity index (χ1) is 5.90. The molecule has 0 atom stereocenters. The smallest absolute Gasteiger partial charge is 0.174 e. The van der Waals surface area contributed by atoms with Crippen LogP contribution in [0.25, 0.3) is 5.82 Å². The Morgan fingerprint density at radius 2 is 2.50 bits per heavy atom. The molecular formula is C8H10N4. The Bertz CT molecular complexity index is 347. The summed E-state index contributed by atoms with van der Waals surface area (Å²) in [7, 11) is 0. The Labute approximate surface area is 70.2 Å². The summed E-state index contributed by atoms with van der Waals surface area (Å²) >= 11 is 0. The molecule has 2 aromatic rings. The zero-order valence-electron chi connectivity index (χ0n) is 6.86. The van der Waals surface area contributed by atoms with Gasteiger partial charge in [0.2, 0.25) is 0 Å². The number of rotatable bonds is 2. The Kier molecular flexibility index (Phi) is 1.66. The van der Waals surface area contributed by atoms with Crippen LogP contribution >= 0.6 is 0 Å². The monoisotopic (exact) mass is 162 g/mol. The van der Waals surface area contributed by atoms with Crippen LogP contribution in [0.2, 0.25) is 0 Å². The molecule has 0 bridgehead atoms.